The molecule has 0 aliphatic rings. The van der Waals surface area contributed by atoms with Gasteiger partial charge in [-0.25, -0.2) is 8.78 Å². The fourth-order valence-electron chi connectivity index (χ4n) is 1.64. The van der Waals surface area contributed by atoms with Crippen molar-refractivity contribution in [1.82, 2.24) is 0 Å². The molecule has 0 spiro atoms. The molecule has 3 N–H and O–H groups in total. The summed E-state index contributed by atoms with van der Waals surface area (Å²) in [5.74, 6) is -2.32. The molecular weight excluding hydrogens is 284 g/mol. The molecule has 0 saturated carbocycles. The summed E-state index contributed by atoms with van der Waals surface area (Å²) in [6.45, 7) is 0. The number of halogens is 2. The van der Waals surface area contributed by atoms with Gasteiger partial charge in [0.1, 0.15) is 23.2 Å². The zero-order valence-electron chi connectivity index (χ0n) is 10.5. The molecule has 21 heavy (non-hydrogen) atoms. The van der Waals surface area contributed by atoms with Gasteiger partial charge in [0.05, 0.1) is 10.5 Å². The molecule has 2 rings (SSSR count). The van der Waals surface area contributed by atoms with E-state index >= 15 is 0 Å². The van der Waals surface area contributed by atoms with Crippen LogP contribution in [-0.4, -0.2) is 10.8 Å². The fraction of sp³-hybridized carbons (Fsp3) is 0. The van der Waals surface area contributed by atoms with Crippen molar-refractivity contribution in [3.05, 3.63) is 63.7 Å². The van der Waals surface area contributed by atoms with Crippen LogP contribution in [0.15, 0.2) is 36.4 Å². The van der Waals surface area contributed by atoms with Crippen LogP contribution in [0, 0.1) is 27.2 Å². The average molecular weight is 293 g/mol. The predicted octanol–water partition coefficient (Wildman–Crippen LogP) is 2.95. The third-order valence-corrected chi connectivity index (χ3v) is 2.57. The number of nitrogens with one attached hydrogen (secondary N) is 1. The molecule has 0 amide bonds. The first kappa shape index (κ1) is 14.4. The SMILES string of the molecule is N=C(N)c1cc(F)ccc1Oc1cc(F)ccc1[N+](=O)[O-]. The fourth-order valence-corrected chi connectivity index (χ4v) is 1.64. The maximum atomic E-state index is 13.2. The molecule has 0 aliphatic carbocycles. The van der Waals surface area contributed by atoms with Crippen molar-refractivity contribution in [3.8, 4) is 11.5 Å². The first-order valence-electron chi connectivity index (χ1n) is 5.64. The van der Waals surface area contributed by atoms with Crippen LogP contribution in [0.3, 0.4) is 0 Å². The number of ether oxygens (including phenoxy) is 1. The molecule has 0 fully saturated rings. The highest BCUT2D eigenvalue weighted by atomic mass is 19.1. The third kappa shape index (κ3) is 3.11. The molecule has 6 nitrogen and oxygen atoms in total. The summed E-state index contributed by atoms with van der Waals surface area (Å²) in [5.41, 5.74) is 4.74. The van der Waals surface area contributed by atoms with E-state index in [0.717, 1.165) is 36.4 Å². The monoisotopic (exact) mass is 293 g/mol. The topological polar surface area (TPSA) is 102 Å². The lowest BCUT2D eigenvalue weighted by molar-refractivity contribution is -0.385. The summed E-state index contributed by atoms with van der Waals surface area (Å²) in [6.07, 6.45) is 0. The van der Waals surface area contributed by atoms with E-state index < -0.39 is 28.1 Å². The van der Waals surface area contributed by atoms with Gasteiger partial charge in [-0.15, -0.1) is 0 Å². The minimum Gasteiger partial charge on any atom is -0.449 e. The van der Waals surface area contributed by atoms with Crippen LogP contribution in [0.1, 0.15) is 5.56 Å². The van der Waals surface area contributed by atoms with Gasteiger partial charge in [-0.2, -0.15) is 0 Å². The largest absolute Gasteiger partial charge is 0.449 e. The van der Waals surface area contributed by atoms with E-state index in [0.29, 0.717) is 0 Å². The van der Waals surface area contributed by atoms with E-state index in [9.17, 15) is 18.9 Å². The summed E-state index contributed by atoms with van der Waals surface area (Å²) in [4.78, 5) is 10.1. The van der Waals surface area contributed by atoms with Crippen molar-refractivity contribution >= 4 is 11.5 Å². The molecule has 0 radical (unpaired) electrons. The number of nitro benzene ring substituents is 1. The van der Waals surface area contributed by atoms with E-state index in [1.54, 1.807) is 0 Å². The number of benzene rings is 2. The lowest BCUT2D eigenvalue weighted by Gasteiger charge is -2.10. The highest BCUT2D eigenvalue weighted by Crippen LogP contribution is 2.33. The van der Waals surface area contributed by atoms with E-state index in [1.807, 2.05) is 0 Å². The van der Waals surface area contributed by atoms with Crippen LogP contribution < -0.4 is 10.5 Å². The number of nitrogens with zero attached hydrogens (tertiary/aromatic N) is 1. The van der Waals surface area contributed by atoms with Gasteiger partial charge in [0.2, 0.25) is 5.75 Å². The molecule has 0 bridgehead atoms. The molecule has 0 aromatic heterocycles. The quantitative estimate of drug-likeness (QED) is 0.391. The third-order valence-electron chi connectivity index (χ3n) is 2.57. The summed E-state index contributed by atoms with van der Waals surface area (Å²) in [5, 5.41) is 18.2. The van der Waals surface area contributed by atoms with Gasteiger partial charge in [0.15, 0.2) is 0 Å². The normalized spacial score (nSPS) is 10.2. The number of rotatable bonds is 4. The molecule has 0 aliphatic heterocycles. The van der Waals surface area contributed by atoms with Crippen molar-refractivity contribution in [2.75, 3.05) is 0 Å². The Bertz CT molecular complexity index is 735. The van der Waals surface area contributed by atoms with Gasteiger partial charge in [-0.05, 0) is 24.3 Å². The lowest BCUT2D eigenvalue weighted by atomic mass is 10.2. The molecule has 8 heteroatoms. The Morgan fingerprint density at radius 1 is 1.14 bits per heavy atom. The highest BCUT2D eigenvalue weighted by Gasteiger charge is 2.18. The molecule has 2 aromatic rings. The van der Waals surface area contributed by atoms with Crippen LogP contribution in [0.4, 0.5) is 14.5 Å². The Morgan fingerprint density at radius 2 is 1.76 bits per heavy atom. The van der Waals surface area contributed by atoms with Crippen molar-refractivity contribution in [1.29, 1.82) is 5.41 Å². The number of nitro groups is 1. The lowest BCUT2D eigenvalue weighted by Crippen LogP contribution is -2.12. The minimum absolute atomic E-state index is 0.0856. The minimum atomic E-state index is -0.744. The van der Waals surface area contributed by atoms with Gasteiger partial charge in [0, 0.05) is 12.1 Å². The van der Waals surface area contributed by atoms with Crippen LogP contribution in [0.2, 0.25) is 0 Å². The van der Waals surface area contributed by atoms with Gasteiger partial charge >= 0.3 is 5.69 Å². The zero-order valence-corrected chi connectivity index (χ0v) is 10.5. The second-order valence-corrected chi connectivity index (χ2v) is 4.03. The van der Waals surface area contributed by atoms with Crippen molar-refractivity contribution < 1.29 is 18.4 Å². The molecule has 0 heterocycles. The van der Waals surface area contributed by atoms with Crippen LogP contribution in [0.5, 0.6) is 11.5 Å². The second-order valence-electron chi connectivity index (χ2n) is 4.03. The Morgan fingerprint density at radius 3 is 2.38 bits per heavy atom. The van der Waals surface area contributed by atoms with E-state index in [-0.39, 0.29) is 17.1 Å². The van der Waals surface area contributed by atoms with E-state index in [4.69, 9.17) is 15.9 Å². The van der Waals surface area contributed by atoms with Crippen LogP contribution in [-0.2, 0) is 0 Å². The summed E-state index contributed by atoms with van der Waals surface area (Å²) >= 11 is 0. The molecule has 0 unspecified atom stereocenters. The molecule has 0 atom stereocenters. The van der Waals surface area contributed by atoms with E-state index in [1.165, 1.54) is 0 Å². The summed E-state index contributed by atoms with van der Waals surface area (Å²) in [7, 11) is 0. The predicted molar refractivity (Wildman–Crippen MR) is 70.5 cm³/mol. The maximum absolute atomic E-state index is 13.2. The van der Waals surface area contributed by atoms with Crippen molar-refractivity contribution in [3.63, 3.8) is 0 Å². The van der Waals surface area contributed by atoms with Gasteiger partial charge in [-0.1, -0.05) is 0 Å². The highest BCUT2D eigenvalue weighted by molar-refractivity contribution is 5.97. The zero-order chi connectivity index (χ0) is 15.6. The average Bonchev–Trinajstić information content (AvgIpc) is 2.40. The van der Waals surface area contributed by atoms with Crippen LogP contribution in [0.25, 0.3) is 0 Å². The van der Waals surface area contributed by atoms with Gasteiger partial charge < -0.3 is 10.5 Å². The Balaban J connectivity index is 2.50. The maximum Gasteiger partial charge on any atom is 0.311 e. The van der Waals surface area contributed by atoms with Crippen molar-refractivity contribution in [2.45, 2.75) is 0 Å². The Kier molecular flexibility index (Phi) is 3.79. The number of nitrogen functional groups attached to an aromatic ring is 1. The van der Waals surface area contributed by atoms with Gasteiger partial charge in [0.25, 0.3) is 0 Å². The Hall–Kier alpha value is -3.03. The number of nitrogens with two attached hydrogens (primary N) is 1. The van der Waals surface area contributed by atoms with Crippen LogP contribution >= 0.6 is 0 Å². The first-order chi connectivity index (χ1) is 9.88. The second kappa shape index (κ2) is 5.53. The summed E-state index contributed by atoms with van der Waals surface area (Å²) < 4.78 is 31.6. The number of hydrogen-bond donors (Lipinski definition) is 2. The molecule has 0 saturated heterocycles. The smallest absolute Gasteiger partial charge is 0.311 e. The Labute approximate surface area is 117 Å². The number of hydrogen-bond acceptors (Lipinski definition) is 4. The van der Waals surface area contributed by atoms with Gasteiger partial charge in [-0.3, -0.25) is 15.5 Å². The summed E-state index contributed by atoms with van der Waals surface area (Å²) in [6, 6.07) is 5.82. The molecular formula is C13H9F2N3O3. The first-order valence-corrected chi connectivity index (χ1v) is 5.64. The standard InChI is InChI=1S/C13H9F2N3O3/c14-7-2-4-11(9(5-7)13(16)17)21-12-6-8(15)1-3-10(12)18(19)20/h1-6H,(H3,16,17). The van der Waals surface area contributed by atoms with E-state index in [2.05, 4.69) is 0 Å². The molecule has 2 aromatic carbocycles. The number of amidine groups is 1. The van der Waals surface area contributed by atoms with Crippen molar-refractivity contribution in [2.24, 2.45) is 5.73 Å². The molecule has 108 valence electrons.